The van der Waals surface area contributed by atoms with Crippen molar-refractivity contribution < 1.29 is 4.42 Å². The first kappa shape index (κ1) is 33.9. The second kappa shape index (κ2) is 13.7. The summed E-state index contributed by atoms with van der Waals surface area (Å²) in [6, 6.07) is 68.8. The molecular formula is C56H37NOS. The van der Waals surface area contributed by atoms with Crippen molar-refractivity contribution >= 4 is 87.4 Å². The minimum absolute atomic E-state index is 0.895. The summed E-state index contributed by atoms with van der Waals surface area (Å²) >= 11 is 1.88. The molecular weight excluding hydrogens is 735 g/mol. The highest BCUT2D eigenvalue weighted by atomic mass is 32.1. The van der Waals surface area contributed by atoms with E-state index < -0.39 is 0 Å². The number of benzene rings is 9. The molecule has 2 aromatic heterocycles. The number of aryl methyl sites for hydroxylation is 1. The molecule has 0 fully saturated rings. The number of hydrogen-bond acceptors (Lipinski definition) is 3. The number of anilines is 3. The molecule has 12 rings (SSSR count). The first-order chi connectivity index (χ1) is 29.2. The molecule has 278 valence electrons. The number of thiophene rings is 1. The third-order valence-electron chi connectivity index (χ3n) is 12.1. The van der Waals surface area contributed by atoms with E-state index in [1.165, 1.54) is 64.3 Å². The summed E-state index contributed by atoms with van der Waals surface area (Å²) in [5.74, 6) is 0. The molecule has 0 N–H and O–H groups in total. The fraction of sp³-hybridized carbons (Fsp3) is 0.0357. The summed E-state index contributed by atoms with van der Waals surface area (Å²) in [7, 11) is 0. The van der Waals surface area contributed by atoms with Gasteiger partial charge in [0.1, 0.15) is 11.2 Å². The average molecular weight is 772 g/mol. The molecule has 1 aliphatic carbocycles. The van der Waals surface area contributed by atoms with Crippen molar-refractivity contribution in [3.63, 3.8) is 0 Å². The van der Waals surface area contributed by atoms with Crippen LogP contribution in [0, 0.1) is 0 Å². The van der Waals surface area contributed by atoms with Gasteiger partial charge in [0.2, 0.25) is 0 Å². The molecule has 9 aromatic carbocycles. The van der Waals surface area contributed by atoms with Crippen molar-refractivity contribution in [2.45, 2.75) is 12.8 Å². The Morgan fingerprint density at radius 3 is 1.95 bits per heavy atom. The van der Waals surface area contributed by atoms with Gasteiger partial charge < -0.3 is 9.32 Å². The van der Waals surface area contributed by atoms with E-state index in [9.17, 15) is 0 Å². The zero-order valence-electron chi connectivity index (χ0n) is 32.2. The second-order valence-electron chi connectivity index (χ2n) is 15.6. The van der Waals surface area contributed by atoms with Crippen LogP contribution in [0.5, 0.6) is 0 Å². The number of fused-ring (bicyclic) bond motifs is 8. The van der Waals surface area contributed by atoms with E-state index in [0.29, 0.717) is 0 Å². The van der Waals surface area contributed by atoms with Gasteiger partial charge in [-0.05, 0) is 123 Å². The van der Waals surface area contributed by atoms with Gasteiger partial charge in [-0.15, -0.1) is 11.3 Å². The average Bonchev–Trinajstić information content (AvgIpc) is 3.86. The summed E-state index contributed by atoms with van der Waals surface area (Å²) in [6.45, 7) is 0. The van der Waals surface area contributed by atoms with Gasteiger partial charge >= 0.3 is 0 Å². The van der Waals surface area contributed by atoms with Crippen LogP contribution in [0.1, 0.15) is 17.5 Å². The van der Waals surface area contributed by atoms with Crippen LogP contribution in [0.15, 0.2) is 199 Å². The third kappa shape index (κ3) is 5.69. The van der Waals surface area contributed by atoms with Gasteiger partial charge in [0.05, 0.1) is 5.69 Å². The highest BCUT2D eigenvalue weighted by molar-refractivity contribution is 7.26. The first-order valence-electron chi connectivity index (χ1n) is 20.4. The van der Waals surface area contributed by atoms with Crippen molar-refractivity contribution in [2.24, 2.45) is 0 Å². The second-order valence-corrected chi connectivity index (χ2v) is 16.6. The Bertz CT molecular complexity index is 3440. The molecule has 0 unspecified atom stereocenters. The highest BCUT2D eigenvalue weighted by Gasteiger charge is 2.20. The van der Waals surface area contributed by atoms with Crippen molar-refractivity contribution in [1.82, 2.24) is 0 Å². The van der Waals surface area contributed by atoms with Crippen molar-refractivity contribution in [3.05, 3.63) is 205 Å². The predicted octanol–water partition coefficient (Wildman–Crippen LogP) is 16.5. The molecule has 2 nitrogen and oxygen atoms in total. The first-order valence-corrected chi connectivity index (χ1v) is 21.2. The van der Waals surface area contributed by atoms with Gasteiger partial charge in [-0.25, -0.2) is 0 Å². The predicted molar refractivity (Wildman–Crippen MR) is 252 cm³/mol. The van der Waals surface area contributed by atoms with Crippen LogP contribution in [-0.2, 0) is 6.42 Å². The Labute approximate surface area is 346 Å². The number of nitrogens with zero attached hydrogens (tertiary/aromatic N) is 1. The molecule has 0 amide bonds. The lowest BCUT2D eigenvalue weighted by molar-refractivity contribution is 0.669. The molecule has 0 radical (unpaired) electrons. The number of hydrogen-bond donors (Lipinski definition) is 0. The van der Waals surface area contributed by atoms with Crippen molar-refractivity contribution in [2.75, 3.05) is 4.90 Å². The van der Waals surface area contributed by atoms with Crippen molar-refractivity contribution in [1.29, 1.82) is 0 Å². The smallest absolute Gasteiger partial charge is 0.136 e. The fourth-order valence-electron chi connectivity index (χ4n) is 9.24. The molecule has 0 spiro atoms. The van der Waals surface area contributed by atoms with Gasteiger partial charge in [0.25, 0.3) is 0 Å². The molecule has 0 aliphatic heterocycles. The normalized spacial score (nSPS) is 12.5. The minimum atomic E-state index is 0.895. The maximum absolute atomic E-state index is 6.43. The van der Waals surface area contributed by atoms with E-state index in [1.54, 1.807) is 0 Å². The molecule has 0 atom stereocenters. The van der Waals surface area contributed by atoms with Crippen LogP contribution in [0.25, 0.3) is 92.3 Å². The Kier molecular flexibility index (Phi) is 7.89. The standard InChI is InChI=1S/C56H37NOS/c1-2-13-40-35-54-51(33-39(40)12-1)50-34-41(27-32-53(50)58-54)46-16-5-7-21-52(46)57(42-28-23-37(24-29-42)45-18-9-14-36-11-3-4-15-44(36)45)43-30-25-38(26-31-43)47-19-10-20-49-48-17-6-8-22-55(48)59-56(47)49/h1-2,4-10,12-35H,3,11H2. The Morgan fingerprint density at radius 1 is 0.458 bits per heavy atom. The van der Waals surface area contributed by atoms with Crippen LogP contribution in [0.2, 0.25) is 0 Å². The molecule has 1 aliphatic rings. The van der Waals surface area contributed by atoms with E-state index in [-0.39, 0.29) is 0 Å². The van der Waals surface area contributed by atoms with E-state index >= 15 is 0 Å². The Hall–Kier alpha value is -7.20. The number of furan rings is 1. The van der Waals surface area contributed by atoms with E-state index in [2.05, 4.69) is 205 Å². The monoisotopic (exact) mass is 771 g/mol. The topological polar surface area (TPSA) is 16.4 Å². The minimum Gasteiger partial charge on any atom is -0.456 e. The number of rotatable bonds is 6. The lowest BCUT2D eigenvalue weighted by Gasteiger charge is -2.28. The Morgan fingerprint density at radius 2 is 1.10 bits per heavy atom. The lowest BCUT2D eigenvalue weighted by atomic mass is 9.90. The Balaban J connectivity index is 1.00. The van der Waals surface area contributed by atoms with Gasteiger partial charge in [-0.3, -0.25) is 0 Å². The summed E-state index contributed by atoms with van der Waals surface area (Å²) in [5, 5.41) is 7.28. The molecule has 11 aromatic rings. The van der Waals surface area contributed by atoms with Crippen LogP contribution < -0.4 is 4.90 Å². The molecule has 0 bridgehead atoms. The van der Waals surface area contributed by atoms with E-state index in [4.69, 9.17) is 4.42 Å². The van der Waals surface area contributed by atoms with Gasteiger partial charge in [0.15, 0.2) is 0 Å². The summed E-state index contributed by atoms with van der Waals surface area (Å²) in [4.78, 5) is 2.41. The maximum Gasteiger partial charge on any atom is 0.136 e. The largest absolute Gasteiger partial charge is 0.456 e. The summed E-state index contributed by atoms with van der Waals surface area (Å²) < 4.78 is 9.07. The molecule has 59 heavy (non-hydrogen) atoms. The number of allylic oxidation sites excluding steroid dienone is 1. The van der Waals surface area contributed by atoms with Crippen LogP contribution in [0.4, 0.5) is 17.1 Å². The quantitative estimate of drug-likeness (QED) is 0.167. The van der Waals surface area contributed by atoms with Gasteiger partial charge in [0, 0.05) is 47.9 Å². The maximum atomic E-state index is 6.43. The van der Waals surface area contributed by atoms with E-state index in [0.717, 1.165) is 63.0 Å². The van der Waals surface area contributed by atoms with Crippen LogP contribution >= 0.6 is 11.3 Å². The third-order valence-corrected chi connectivity index (χ3v) is 13.4. The van der Waals surface area contributed by atoms with Gasteiger partial charge in [-0.2, -0.15) is 0 Å². The molecule has 0 saturated carbocycles. The van der Waals surface area contributed by atoms with Crippen LogP contribution in [0.3, 0.4) is 0 Å². The zero-order valence-corrected chi connectivity index (χ0v) is 33.0. The fourth-order valence-corrected chi connectivity index (χ4v) is 10.5. The summed E-state index contributed by atoms with van der Waals surface area (Å²) in [6.07, 6.45) is 6.79. The SMILES string of the molecule is C1=Cc2c(cccc2-c2ccc(N(c3ccc(-c4cccc5c4sc4ccccc45)cc3)c3ccccc3-c3ccc4oc5cc6ccccc6cc5c4c3)cc2)CC1. The number of para-hydroxylation sites is 1. The zero-order chi connectivity index (χ0) is 38.9. The molecule has 3 heteroatoms. The summed E-state index contributed by atoms with van der Waals surface area (Å²) in [5.41, 5.74) is 15.1. The lowest BCUT2D eigenvalue weighted by Crippen LogP contribution is -2.11. The van der Waals surface area contributed by atoms with Gasteiger partial charge in [-0.1, -0.05) is 140 Å². The molecule has 2 heterocycles. The highest BCUT2D eigenvalue weighted by Crippen LogP contribution is 2.45. The van der Waals surface area contributed by atoms with Crippen LogP contribution in [-0.4, -0.2) is 0 Å². The van der Waals surface area contributed by atoms with E-state index in [1.807, 2.05) is 11.3 Å². The molecule has 0 saturated heterocycles. The van der Waals surface area contributed by atoms with Crippen molar-refractivity contribution in [3.8, 4) is 33.4 Å².